The van der Waals surface area contributed by atoms with Gasteiger partial charge in [0.05, 0.1) is 0 Å². The van der Waals surface area contributed by atoms with Crippen molar-refractivity contribution in [3.63, 3.8) is 0 Å². The van der Waals surface area contributed by atoms with Gasteiger partial charge in [-0.3, -0.25) is 4.79 Å². The number of aldehydes is 1. The van der Waals surface area contributed by atoms with E-state index in [0.29, 0.717) is 25.1 Å². The van der Waals surface area contributed by atoms with E-state index in [1.54, 1.807) is 6.20 Å². The number of hydrogen-bond donors (Lipinski definition) is 2. The predicted molar refractivity (Wildman–Crippen MR) is 130 cm³/mol. The van der Waals surface area contributed by atoms with Gasteiger partial charge in [-0.2, -0.15) is 0 Å². The summed E-state index contributed by atoms with van der Waals surface area (Å²) in [5, 5.41) is 3.73. The van der Waals surface area contributed by atoms with Gasteiger partial charge in [0.15, 0.2) is 6.29 Å². The number of aromatic nitrogens is 1. The monoisotopic (exact) mass is 436 g/mol. The van der Waals surface area contributed by atoms with Gasteiger partial charge in [-0.15, -0.1) is 0 Å². The Bertz CT molecular complexity index is 1310. The van der Waals surface area contributed by atoms with Gasteiger partial charge >= 0.3 is 6.09 Å². The first-order chi connectivity index (χ1) is 16.2. The molecule has 1 aromatic heterocycles. The Hall–Kier alpha value is -4.12. The minimum atomic E-state index is -0.408. The largest absolute Gasteiger partial charge is 0.449 e. The van der Waals surface area contributed by atoms with Crippen LogP contribution in [0.25, 0.3) is 28.1 Å². The molecule has 0 atom stereocenters. The lowest BCUT2D eigenvalue weighted by Gasteiger charge is -2.14. The van der Waals surface area contributed by atoms with Gasteiger partial charge in [0.1, 0.15) is 6.61 Å². The second kappa shape index (κ2) is 9.17. The van der Waals surface area contributed by atoms with E-state index in [0.717, 1.165) is 22.8 Å². The number of fused-ring (bicyclic) bond motifs is 4. The summed E-state index contributed by atoms with van der Waals surface area (Å²) in [4.78, 5) is 26.5. The average Bonchev–Trinajstić information content (AvgIpc) is 3.41. The Morgan fingerprint density at radius 2 is 1.73 bits per heavy atom. The van der Waals surface area contributed by atoms with E-state index in [1.807, 2.05) is 54.6 Å². The maximum atomic E-state index is 12.3. The molecule has 33 heavy (non-hydrogen) atoms. The van der Waals surface area contributed by atoms with Crippen molar-refractivity contribution in [1.82, 2.24) is 10.3 Å². The molecule has 1 heterocycles. The number of alkyl carbamates (subject to hydrolysis) is 1. The van der Waals surface area contributed by atoms with Crippen LogP contribution >= 0.6 is 0 Å². The highest BCUT2D eigenvalue weighted by Crippen LogP contribution is 2.44. The zero-order valence-corrected chi connectivity index (χ0v) is 18.1. The van der Waals surface area contributed by atoms with Crippen LogP contribution in [0.15, 0.2) is 79.0 Å². The van der Waals surface area contributed by atoms with Crippen LogP contribution in [0.1, 0.15) is 39.4 Å². The number of H-pyrrole nitrogens is 1. The molecule has 5 rings (SSSR count). The number of ether oxygens (including phenoxy) is 1. The van der Waals surface area contributed by atoms with Crippen molar-refractivity contribution >= 4 is 29.4 Å². The van der Waals surface area contributed by atoms with Gasteiger partial charge in [0, 0.05) is 35.1 Å². The lowest BCUT2D eigenvalue weighted by atomic mass is 9.98. The first kappa shape index (κ1) is 20.8. The normalized spacial score (nSPS) is 12.6. The second-order valence-electron chi connectivity index (χ2n) is 8.11. The zero-order valence-electron chi connectivity index (χ0n) is 18.1. The summed E-state index contributed by atoms with van der Waals surface area (Å²) in [5.74, 6) is 0.0580. The molecule has 1 aliphatic carbocycles. The molecular weight excluding hydrogens is 412 g/mol. The predicted octanol–water partition coefficient (Wildman–Crippen LogP) is 5.92. The average molecular weight is 437 g/mol. The van der Waals surface area contributed by atoms with Gasteiger partial charge in [0.25, 0.3) is 0 Å². The van der Waals surface area contributed by atoms with Crippen molar-refractivity contribution in [2.45, 2.75) is 12.3 Å². The van der Waals surface area contributed by atoms with Gasteiger partial charge in [0.2, 0.25) is 0 Å². The van der Waals surface area contributed by atoms with Crippen LogP contribution in [0, 0.1) is 0 Å². The summed E-state index contributed by atoms with van der Waals surface area (Å²) in [5.41, 5.74) is 7.42. The molecule has 0 unspecified atom stereocenters. The van der Waals surface area contributed by atoms with Gasteiger partial charge in [-0.1, -0.05) is 66.7 Å². The van der Waals surface area contributed by atoms with Crippen LogP contribution in [0.4, 0.5) is 4.79 Å². The maximum Gasteiger partial charge on any atom is 0.407 e. The van der Waals surface area contributed by atoms with Crippen LogP contribution in [-0.2, 0) is 4.74 Å². The second-order valence-corrected chi connectivity index (χ2v) is 8.11. The molecule has 164 valence electrons. The minimum absolute atomic E-state index is 0.0580. The van der Waals surface area contributed by atoms with Crippen molar-refractivity contribution in [3.05, 3.63) is 101 Å². The molecule has 0 radical (unpaired) electrons. The Kier molecular flexibility index (Phi) is 5.77. The van der Waals surface area contributed by atoms with E-state index in [4.69, 9.17) is 4.74 Å². The molecular formula is C28H24N2O3. The van der Waals surface area contributed by atoms with E-state index in [2.05, 4.69) is 34.6 Å². The zero-order chi connectivity index (χ0) is 22.6. The molecule has 2 N–H and O–H groups in total. The number of rotatable bonds is 7. The van der Waals surface area contributed by atoms with Crippen molar-refractivity contribution in [2.75, 3.05) is 13.2 Å². The van der Waals surface area contributed by atoms with Crippen LogP contribution in [-0.4, -0.2) is 30.5 Å². The van der Waals surface area contributed by atoms with E-state index in [1.165, 1.54) is 22.3 Å². The lowest BCUT2D eigenvalue weighted by molar-refractivity contribution is 0.112. The molecule has 1 amide bonds. The summed E-state index contributed by atoms with van der Waals surface area (Å²) in [6.45, 7) is 0.796. The summed E-state index contributed by atoms with van der Waals surface area (Å²) in [6.07, 6.45) is 6.82. The van der Waals surface area contributed by atoms with Crippen molar-refractivity contribution in [1.29, 1.82) is 0 Å². The third kappa shape index (κ3) is 4.17. The Balaban J connectivity index is 1.13. The summed E-state index contributed by atoms with van der Waals surface area (Å²) in [7, 11) is 0. The standard InChI is InChI=1S/C28H24N2O3/c31-17-20-16-30-27-13-12-19(15-25(20)27)7-5-6-14-29-28(32)33-18-26-23-10-3-1-8-21(23)22-9-2-4-11-24(22)26/h1-5,7-13,15-17,26,30H,6,14,18H2,(H,29,32). The maximum absolute atomic E-state index is 12.3. The molecule has 0 fully saturated rings. The quantitative estimate of drug-likeness (QED) is 0.279. The smallest absolute Gasteiger partial charge is 0.407 e. The van der Waals surface area contributed by atoms with Crippen molar-refractivity contribution < 1.29 is 14.3 Å². The topological polar surface area (TPSA) is 71.2 Å². The van der Waals surface area contributed by atoms with Crippen LogP contribution in [0.5, 0.6) is 0 Å². The highest BCUT2D eigenvalue weighted by atomic mass is 16.5. The fourth-order valence-corrected chi connectivity index (χ4v) is 4.49. The lowest BCUT2D eigenvalue weighted by Crippen LogP contribution is -2.26. The molecule has 1 aliphatic rings. The molecule has 5 nitrogen and oxygen atoms in total. The molecule has 5 heteroatoms. The number of amides is 1. The molecule has 4 aromatic rings. The van der Waals surface area contributed by atoms with Gasteiger partial charge in [-0.05, 0) is 46.4 Å². The third-order valence-electron chi connectivity index (χ3n) is 6.10. The van der Waals surface area contributed by atoms with Gasteiger partial charge in [-0.25, -0.2) is 4.79 Å². The highest BCUT2D eigenvalue weighted by molar-refractivity contribution is 5.98. The van der Waals surface area contributed by atoms with Crippen molar-refractivity contribution in [3.8, 4) is 11.1 Å². The van der Waals surface area contributed by atoms with E-state index >= 15 is 0 Å². The van der Waals surface area contributed by atoms with Crippen LogP contribution in [0.2, 0.25) is 0 Å². The fourth-order valence-electron chi connectivity index (χ4n) is 4.49. The molecule has 0 spiro atoms. The number of benzene rings is 3. The van der Waals surface area contributed by atoms with E-state index in [9.17, 15) is 9.59 Å². The Morgan fingerprint density at radius 1 is 1.00 bits per heavy atom. The number of hydrogen-bond acceptors (Lipinski definition) is 3. The number of nitrogens with one attached hydrogen (secondary N) is 2. The number of carbonyl (C=O) groups is 2. The Labute approximate surface area is 192 Å². The highest BCUT2D eigenvalue weighted by Gasteiger charge is 2.28. The van der Waals surface area contributed by atoms with Crippen LogP contribution < -0.4 is 5.32 Å². The molecule has 0 bridgehead atoms. The summed E-state index contributed by atoms with van der Waals surface area (Å²) in [6, 6.07) is 22.5. The van der Waals surface area contributed by atoms with Crippen molar-refractivity contribution in [2.24, 2.45) is 0 Å². The van der Waals surface area contributed by atoms with Gasteiger partial charge < -0.3 is 15.0 Å². The molecule has 3 aromatic carbocycles. The van der Waals surface area contributed by atoms with Crippen LogP contribution in [0.3, 0.4) is 0 Å². The van der Waals surface area contributed by atoms with E-state index < -0.39 is 6.09 Å². The molecule has 0 saturated heterocycles. The fraction of sp³-hybridized carbons (Fsp3) is 0.143. The molecule has 0 aliphatic heterocycles. The minimum Gasteiger partial charge on any atom is -0.449 e. The molecule has 0 saturated carbocycles. The number of carbonyl (C=O) groups excluding carboxylic acids is 2. The summed E-state index contributed by atoms with van der Waals surface area (Å²) >= 11 is 0. The first-order valence-electron chi connectivity index (χ1n) is 11.1. The van der Waals surface area contributed by atoms with E-state index in [-0.39, 0.29) is 5.92 Å². The Morgan fingerprint density at radius 3 is 2.45 bits per heavy atom. The third-order valence-corrected chi connectivity index (χ3v) is 6.10. The SMILES string of the molecule is O=Cc1c[nH]c2ccc(C=CCCNC(=O)OCC3c4ccccc4-c4ccccc43)cc12. The number of aromatic amines is 1. The summed E-state index contributed by atoms with van der Waals surface area (Å²) < 4.78 is 5.56. The first-order valence-corrected chi connectivity index (χ1v) is 11.1.